The van der Waals surface area contributed by atoms with Crippen LogP contribution in [0.4, 0.5) is 4.79 Å². The highest BCUT2D eigenvalue weighted by molar-refractivity contribution is 7.87. The van der Waals surface area contributed by atoms with Gasteiger partial charge in [0.2, 0.25) is 0 Å². The van der Waals surface area contributed by atoms with E-state index >= 15 is 0 Å². The molecule has 2 rings (SSSR count). The number of benzene rings is 1. The van der Waals surface area contributed by atoms with Crippen molar-refractivity contribution >= 4 is 16.2 Å². The van der Waals surface area contributed by atoms with Gasteiger partial charge in [0.05, 0.1) is 0 Å². The molecule has 0 radical (unpaired) electrons. The first-order valence-electron chi connectivity index (χ1n) is 8.05. The summed E-state index contributed by atoms with van der Waals surface area (Å²) < 4.78 is 35.5. The molecule has 1 fully saturated rings. The van der Waals surface area contributed by atoms with Crippen LogP contribution >= 0.6 is 0 Å². The summed E-state index contributed by atoms with van der Waals surface area (Å²) in [5.74, 6) is 0.287. The highest BCUT2D eigenvalue weighted by Crippen LogP contribution is 2.23. The molecule has 1 aromatic rings. The Labute approximate surface area is 143 Å². The van der Waals surface area contributed by atoms with Crippen LogP contribution in [0.3, 0.4) is 0 Å². The van der Waals surface area contributed by atoms with E-state index in [2.05, 4.69) is 0 Å². The molecule has 0 aliphatic carbocycles. The largest absolute Gasteiger partial charge is 0.444 e. The van der Waals surface area contributed by atoms with Gasteiger partial charge in [-0.05, 0) is 52.7 Å². The minimum absolute atomic E-state index is 0.0864. The number of aryl methyl sites for hydroxylation is 1. The van der Waals surface area contributed by atoms with Gasteiger partial charge >= 0.3 is 16.2 Å². The summed E-state index contributed by atoms with van der Waals surface area (Å²) in [5, 5.41) is -0.750. The fourth-order valence-electron chi connectivity index (χ4n) is 2.46. The summed E-state index contributed by atoms with van der Waals surface area (Å²) in [7, 11) is -3.81. The van der Waals surface area contributed by atoms with Crippen LogP contribution in [0.25, 0.3) is 0 Å². The molecule has 0 N–H and O–H groups in total. The molecule has 1 atom stereocenters. The molecule has 1 aliphatic heterocycles. The van der Waals surface area contributed by atoms with Gasteiger partial charge in [-0.25, -0.2) is 4.79 Å². The second-order valence-corrected chi connectivity index (χ2v) is 8.90. The van der Waals surface area contributed by atoms with E-state index in [1.807, 2.05) is 6.92 Å². The van der Waals surface area contributed by atoms with Crippen LogP contribution in [-0.4, -0.2) is 43.4 Å². The van der Waals surface area contributed by atoms with Crippen molar-refractivity contribution in [3.8, 4) is 5.75 Å². The van der Waals surface area contributed by atoms with Crippen molar-refractivity contribution in [2.24, 2.45) is 0 Å². The molecule has 1 saturated heterocycles. The Morgan fingerprint density at radius 1 is 1.21 bits per heavy atom. The SMILES string of the molecule is Cc1ccc(OS(=O)(=O)C2CCCN(C(=O)OC(C)(C)C)C2)cc1. The predicted molar refractivity (Wildman–Crippen MR) is 91.6 cm³/mol. The molecule has 7 heteroatoms. The maximum Gasteiger partial charge on any atom is 0.410 e. The van der Waals surface area contributed by atoms with Gasteiger partial charge in [0, 0.05) is 13.1 Å². The van der Waals surface area contributed by atoms with E-state index in [1.165, 1.54) is 4.90 Å². The summed E-state index contributed by atoms with van der Waals surface area (Å²) in [6, 6.07) is 6.83. The quantitative estimate of drug-likeness (QED) is 0.779. The number of rotatable bonds is 3. The Bertz CT molecular complexity index is 676. The number of amides is 1. The van der Waals surface area contributed by atoms with Crippen LogP contribution in [0, 0.1) is 6.92 Å². The summed E-state index contributed by atoms with van der Waals surface area (Å²) >= 11 is 0. The van der Waals surface area contributed by atoms with Crippen molar-refractivity contribution in [1.29, 1.82) is 0 Å². The molecule has 134 valence electrons. The van der Waals surface area contributed by atoms with E-state index in [9.17, 15) is 13.2 Å². The van der Waals surface area contributed by atoms with Crippen LogP contribution in [0.15, 0.2) is 24.3 Å². The Morgan fingerprint density at radius 3 is 2.42 bits per heavy atom. The van der Waals surface area contributed by atoms with Gasteiger partial charge in [-0.2, -0.15) is 8.42 Å². The highest BCUT2D eigenvalue weighted by Gasteiger charge is 2.35. The fraction of sp³-hybridized carbons (Fsp3) is 0.588. The Morgan fingerprint density at radius 2 is 1.83 bits per heavy atom. The van der Waals surface area contributed by atoms with Crippen molar-refractivity contribution in [3.63, 3.8) is 0 Å². The lowest BCUT2D eigenvalue weighted by molar-refractivity contribution is 0.0218. The summed E-state index contributed by atoms with van der Waals surface area (Å²) in [6.45, 7) is 7.84. The number of carbonyl (C=O) groups excluding carboxylic acids is 1. The van der Waals surface area contributed by atoms with Crippen LogP contribution in [0.2, 0.25) is 0 Å². The first-order valence-corrected chi connectivity index (χ1v) is 9.52. The number of nitrogens with zero attached hydrogens (tertiary/aromatic N) is 1. The van der Waals surface area contributed by atoms with Crippen molar-refractivity contribution in [1.82, 2.24) is 4.90 Å². The summed E-state index contributed by atoms with van der Waals surface area (Å²) in [4.78, 5) is 13.6. The number of carbonyl (C=O) groups is 1. The molecule has 1 amide bonds. The van der Waals surface area contributed by atoms with Crippen molar-refractivity contribution in [2.45, 2.75) is 51.4 Å². The molecule has 1 aromatic carbocycles. The fourth-order valence-corrected chi connectivity index (χ4v) is 3.80. The normalized spacial score (nSPS) is 19.0. The first kappa shape index (κ1) is 18.6. The average molecular weight is 355 g/mol. The van der Waals surface area contributed by atoms with Gasteiger partial charge < -0.3 is 13.8 Å². The zero-order valence-corrected chi connectivity index (χ0v) is 15.4. The predicted octanol–water partition coefficient (Wildman–Crippen LogP) is 3.10. The van der Waals surface area contributed by atoms with Crippen LogP contribution in [0.1, 0.15) is 39.2 Å². The molecular weight excluding hydrogens is 330 g/mol. The van der Waals surface area contributed by atoms with E-state index in [0.717, 1.165) is 5.56 Å². The standard InChI is InChI=1S/C17H25NO5S/c1-13-7-9-14(10-8-13)23-24(20,21)15-6-5-11-18(12-15)16(19)22-17(2,3)4/h7-10,15H,5-6,11-12H2,1-4H3. The molecule has 1 heterocycles. The van der Waals surface area contributed by atoms with Crippen LogP contribution < -0.4 is 4.18 Å². The lowest BCUT2D eigenvalue weighted by Crippen LogP contribution is -2.47. The molecular formula is C17H25NO5S. The van der Waals surface area contributed by atoms with Gasteiger partial charge in [-0.1, -0.05) is 17.7 Å². The third-order valence-electron chi connectivity index (χ3n) is 3.67. The molecule has 1 aliphatic rings. The van der Waals surface area contributed by atoms with Gasteiger partial charge in [-0.15, -0.1) is 0 Å². The summed E-state index contributed by atoms with van der Waals surface area (Å²) in [6.07, 6.45) is 0.575. The van der Waals surface area contributed by atoms with E-state index in [-0.39, 0.29) is 12.3 Å². The minimum atomic E-state index is -3.81. The second kappa shape index (κ2) is 7.01. The molecule has 0 bridgehead atoms. The molecule has 0 aromatic heterocycles. The third-order valence-corrected chi connectivity index (χ3v) is 5.30. The van der Waals surface area contributed by atoms with Crippen molar-refractivity contribution in [2.75, 3.05) is 13.1 Å². The smallest absolute Gasteiger partial charge is 0.410 e. The summed E-state index contributed by atoms with van der Waals surface area (Å²) in [5.41, 5.74) is 0.412. The number of hydrogen-bond donors (Lipinski definition) is 0. The van der Waals surface area contributed by atoms with Crippen molar-refractivity contribution in [3.05, 3.63) is 29.8 Å². The average Bonchev–Trinajstić information content (AvgIpc) is 2.48. The molecule has 1 unspecified atom stereocenters. The maximum atomic E-state index is 12.5. The number of likely N-dealkylation sites (tertiary alicyclic amines) is 1. The maximum absolute atomic E-state index is 12.5. The Balaban J connectivity index is 2.04. The van der Waals surface area contributed by atoms with Gasteiger partial charge in [0.25, 0.3) is 0 Å². The van der Waals surface area contributed by atoms with Crippen LogP contribution in [-0.2, 0) is 14.9 Å². The number of ether oxygens (including phenoxy) is 1. The number of piperidine rings is 1. The van der Waals surface area contributed by atoms with Crippen LogP contribution in [0.5, 0.6) is 5.75 Å². The second-order valence-electron chi connectivity index (χ2n) is 7.08. The highest BCUT2D eigenvalue weighted by atomic mass is 32.2. The minimum Gasteiger partial charge on any atom is -0.444 e. The van der Waals surface area contributed by atoms with E-state index < -0.39 is 27.1 Å². The molecule has 0 saturated carbocycles. The molecule has 0 spiro atoms. The number of hydrogen-bond acceptors (Lipinski definition) is 5. The Hall–Kier alpha value is -1.76. The third kappa shape index (κ3) is 5.12. The molecule has 6 nitrogen and oxygen atoms in total. The van der Waals surface area contributed by atoms with Gasteiger partial charge in [0.1, 0.15) is 16.6 Å². The van der Waals surface area contributed by atoms with Gasteiger partial charge in [-0.3, -0.25) is 0 Å². The molecule has 24 heavy (non-hydrogen) atoms. The topological polar surface area (TPSA) is 72.9 Å². The van der Waals surface area contributed by atoms with E-state index in [4.69, 9.17) is 8.92 Å². The first-order chi connectivity index (χ1) is 11.1. The zero-order chi connectivity index (χ0) is 18.0. The lowest BCUT2D eigenvalue weighted by Gasteiger charge is -2.33. The van der Waals surface area contributed by atoms with Gasteiger partial charge in [0.15, 0.2) is 0 Å². The van der Waals surface area contributed by atoms with E-state index in [0.29, 0.717) is 19.4 Å². The van der Waals surface area contributed by atoms with Crippen molar-refractivity contribution < 1.29 is 22.1 Å². The lowest BCUT2D eigenvalue weighted by atomic mass is 10.1. The van der Waals surface area contributed by atoms with E-state index in [1.54, 1.807) is 45.0 Å². The monoisotopic (exact) mass is 355 g/mol. The zero-order valence-electron chi connectivity index (χ0n) is 14.6. The Kier molecular flexibility index (Phi) is 5.42.